The van der Waals surface area contributed by atoms with E-state index in [1.807, 2.05) is 35.4 Å². The van der Waals surface area contributed by atoms with Gasteiger partial charge in [0.05, 0.1) is 0 Å². The highest BCUT2D eigenvalue weighted by Gasteiger charge is 2.29. The summed E-state index contributed by atoms with van der Waals surface area (Å²) in [5.74, 6) is 0.0252. The van der Waals surface area contributed by atoms with E-state index in [-0.39, 0.29) is 24.3 Å². The van der Waals surface area contributed by atoms with Gasteiger partial charge in [-0.1, -0.05) is 18.2 Å². The summed E-state index contributed by atoms with van der Waals surface area (Å²) in [4.78, 5) is 29.6. The minimum absolute atomic E-state index is 0.0446. The van der Waals surface area contributed by atoms with Crippen molar-refractivity contribution in [3.05, 3.63) is 36.0 Å². The van der Waals surface area contributed by atoms with Crippen LogP contribution in [-0.4, -0.2) is 52.5 Å². The number of carbonyl (C=O) groups is 2. The number of aromatic nitrogens is 1. The molecule has 3 rings (SSSR count). The number of aromatic amines is 1. The van der Waals surface area contributed by atoms with Crippen molar-refractivity contribution in [1.82, 2.24) is 15.2 Å². The number of nitrogens with zero attached hydrogens (tertiary/aromatic N) is 1. The summed E-state index contributed by atoms with van der Waals surface area (Å²) < 4.78 is 0. The van der Waals surface area contributed by atoms with Gasteiger partial charge in [-0.05, 0) is 30.4 Å². The van der Waals surface area contributed by atoms with Crippen molar-refractivity contribution in [2.75, 3.05) is 19.7 Å². The van der Waals surface area contributed by atoms with Crippen LogP contribution in [0.3, 0.4) is 0 Å². The SMILES string of the molecule is CC(=O)NC(Cc1c[nH]c2ccccc12)C(=O)N1CCC(CO)CC1. The number of aliphatic hydroxyl groups excluding tert-OH is 1. The Kier molecular flexibility index (Phi) is 5.38. The van der Waals surface area contributed by atoms with Crippen molar-refractivity contribution in [2.24, 2.45) is 5.92 Å². The fourth-order valence-corrected chi connectivity index (χ4v) is 3.52. The molecule has 3 N–H and O–H groups in total. The van der Waals surface area contributed by atoms with E-state index in [2.05, 4.69) is 10.3 Å². The topological polar surface area (TPSA) is 85.4 Å². The molecule has 1 unspecified atom stereocenters. The first-order chi connectivity index (χ1) is 12.1. The quantitative estimate of drug-likeness (QED) is 0.768. The van der Waals surface area contributed by atoms with Gasteiger partial charge in [0.2, 0.25) is 11.8 Å². The fraction of sp³-hybridized carbons (Fsp3) is 0.474. The van der Waals surface area contributed by atoms with Crippen LogP contribution in [0.15, 0.2) is 30.5 Å². The number of fused-ring (bicyclic) bond motifs is 1. The zero-order valence-electron chi connectivity index (χ0n) is 14.5. The van der Waals surface area contributed by atoms with Crippen LogP contribution in [0.1, 0.15) is 25.3 Å². The summed E-state index contributed by atoms with van der Waals surface area (Å²) in [6.07, 6.45) is 3.98. The first-order valence-electron chi connectivity index (χ1n) is 8.80. The number of hydrogen-bond acceptors (Lipinski definition) is 3. The summed E-state index contributed by atoms with van der Waals surface area (Å²) in [6, 6.07) is 7.37. The van der Waals surface area contributed by atoms with Crippen LogP contribution in [0.5, 0.6) is 0 Å². The van der Waals surface area contributed by atoms with Gasteiger partial charge in [-0.15, -0.1) is 0 Å². The Morgan fingerprint density at radius 3 is 2.72 bits per heavy atom. The van der Waals surface area contributed by atoms with Gasteiger partial charge in [0, 0.05) is 50.1 Å². The van der Waals surface area contributed by atoms with Gasteiger partial charge >= 0.3 is 0 Å². The zero-order valence-corrected chi connectivity index (χ0v) is 14.5. The lowest BCUT2D eigenvalue weighted by Crippen LogP contribution is -2.51. The number of benzene rings is 1. The van der Waals surface area contributed by atoms with Gasteiger partial charge in [0.1, 0.15) is 6.04 Å². The van der Waals surface area contributed by atoms with Crippen molar-refractivity contribution in [2.45, 2.75) is 32.2 Å². The van der Waals surface area contributed by atoms with Gasteiger partial charge in [0.15, 0.2) is 0 Å². The third-order valence-corrected chi connectivity index (χ3v) is 4.96. The van der Waals surface area contributed by atoms with Crippen LogP contribution < -0.4 is 5.32 Å². The lowest BCUT2D eigenvalue weighted by molar-refractivity contribution is -0.137. The van der Waals surface area contributed by atoms with E-state index >= 15 is 0 Å². The molecule has 0 aliphatic carbocycles. The smallest absolute Gasteiger partial charge is 0.245 e. The molecule has 6 heteroatoms. The highest BCUT2D eigenvalue weighted by Crippen LogP contribution is 2.21. The minimum Gasteiger partial charge on any atom is -0.396 e. The van der Waals surface area contributed by atoms with Gasteiger partial charge in [0.25, 0.3) is 0 Å². The Balaban J connectivity index is 1.75. The number of para-hydroxylation sites is 1. The molecule has 1 aliphatic rings. The standard InChI is InChI=1S/C19H25N3O3/c1-13(24)21-18(19(25)22-8-6-14(12-23)7-9-22)10-15-11-20-17-5-3-2-4-16(15)17/h2-5,11,14,18,20,23H,6-10,12H2,1H3,(H,21,24). The summed E-state index contributed by atoms with van der Waals surface area (Å²) in [5, 5.41) is 13.1. The van der Waals surface area contributed by atoms with Crippen molar-refractivity contribution >= 4 is 22.7 Å². The number of H-pyrrole nitrogens is 1. The Bertz CT molecular complexity index is 747. The average Bonchev–Trinajstić information content (AvgIpc) is 3.03. The fourth-order valence-electron chi connectivity index (χ4n) is 3.52. The molecule has 2 heterocycles. The lowest BCUT2D eigenvalue weighted by atomic mass is 9.96. The van der Waals surface area contributed by atoms with E-state index in [0.29, 0.717) is 19.5 Å². The van der Waals surface area contributed by atoms with Crippen molar-refractivity contribution in [3.63, 3.8) is 0 Å². The van der Waals surface area contributed by atoms with Crippen molar-refractivity contribution < 1.29 is 14.7 Å². The summed E-state index contributed by atoms with van der Waals surface area (Å²) in [7, 11) is 0. The molecule has 25 heavy (non-hydrogen) atoms. The molecule has 1 fully saturated rings. The number of amides is 2. The molecule has 1 aromatic heterocycles. The average molecular weight is 343 g/mol. The van der Waals surface area contributed by atoms with Crippen molar-refractivity contribution in [3.8, 4) is 0 Å². The molecule has 1 atom stereocenters. The summed E-state index contributed by atoms with van der Waals surface area (Å²) in [5.41, 5.74) is 2.04. The molecule has 0 saturated carbocycles. The minimum atomic E-state index is -0.567. The molecule has 2 aromatic rings. The van der Waals surface area contributed by atoms with Crippen LogP contribution in [0.25, 0.3) is 10.9 Å². The summed E-state index contributed by atoms with van der Waals surface area (Å²) >= 11 is 0. The normalized spacial score (nSPS) is 16.8. The van der Waals surface area contributed by atoms with E-state index < -0.39 is 6.04 Å². The molecular formula is C19H25N3O3. The van der Waals surface area contributed by atoms with E-state index in [4.69, 9.17) is 0 Å². The first kappa shape index (κ1) is 17.5. The van der Waals surface area contributed by atoms with Crippen LogP contribution in [0, 0.1) is 5.92 Å². The van der Waals surface area contributed by atoms with Crippen LogP contribution in [-0.2, 0) is 16.0 Å². The molecule has 2 amide bonds. The number of nitrogens with one attached hydrogen (secondary N) is 2. The lowest BCUT2D eigenvalue weighted by Gasteiger charge is -2.33. The molecular weight excluding hydrogens is 318 g/mol. The molecule has 134 valence electrons. The van der Waals surface area contributed by atoms with E-state index in [1.54, 1.807) is 0 Å². The molecule has 0 bridgehead atoms. The van der Waals surface area contributed by atoms with Crippen LogP contribution in [0.4, 0.5) is 0 Å². The van der Waals surface area contributed by atoms with Gasteiger partial charge in [-0.3, -0.25) is 9.59 Å². The molecule has 1 saturated heterocycles. The second kappa shape index (κ2) is 7.70. The molecule has 1 aromatic carbocycles. The first-order valence-corrected chi connectivity index (χ1v) is 8.80. The maximum Gasteiger partial charge on any atom is 0.245 e. The highest BCUT2D eigenvalue weighted by atomic mass is 16.3. The second-order valence-electron chi connectivity index (χ2n) is 6.77. The summed E-state index contributed by atoms with van der Waals surface area (Å²) in [6.45, 7) is 2.88. The molecule has 0 spiro atoms. The van der Waals surface area contributed by atoms with E-state index in [9.17, 15) is 14.7 Å². The Morgan fingerprint density at radius 1 is 1.32 bits per heavy atom. The Morgan fingerprint density at radius 2 is 2.04 bits per heavy atom. The van der Waals surface area contributed by atoms with Gasteiger partial charge in [-0.2, -0.15) is 0 Å². The third-order valence-electron chi connectivity index (χ3n) is 4.96. The Labute approximate surface area is 147 Å². The van der Waals surface area contributed by atoms with E-state index in [1.165, 1.54) is 6.92 Å². The third kappa shape index (κ3) is 4.02. The maximum atomic E-state index is 12.9. The number of carbonyl (C=O) groups excluding carboxylic acids is 2. The second-order valence-corrected chi connectivity index (χ2v) is 6.77. The Hall–Kier alpha value is -2.34. The molecule has 0 radical (unpaired) electrons. The number of piperidine rings is 1. The number of rotatable bonds is 5. The number of hydrogen-bond donors (Lipinski definition) is 3. The van der Waals surface area contributed by atoms with Gasteiger partial charge in [-0.25, -0.2) is 0 Å². The van der Waals surface area contributed by atoms with E-state index in [0.717, 1.165) is 29.3 Å². The largest absolute Gasteiger partial charge is 0.396 e. The maximum absolute atomic E-state index is 12.9. The molecule has 6 nitrogen and oxygen atoms in total. The highest BCUT2D eigenvalue weighted by molar-refractivity contribution is 5.89. The van der Waals surface area contributed by atoms with Crippen molar-refractivity contribution in [1.29, 1.82) is 0 Å². The predicted octanol–water partition coefficient (Wildman–Crippen LogP) is 1.45. The van der Waals surface area contributed by atoms with Crippen LogP contribution in [0.2, 0.25) is 0 Å². The predicted molar refractivity (Wildman–Crippen MR) is 96.0 cm³/mol. The number of aliphatic hydroxyl groups is 1. The van der Waals surface area contributed by atoms with Gasteiger partial charge < -0.3 is 20.3 Å². The zero-order chi connectivity index (χ0) is 17.8. The monoisotopic (exact) mass is 343 g/mol. The number of likely N-dealkylation sites (tertiary alicyclic amines) is 1. The molecule has 1 aliphatic heterocycles. The van der Waals surface area contributed by atoms with Crippen LogP contribution >= 0.6 is 0 Å².